The first-order chi connectivity index (χ1) is 11.6. The summed E-state index contributed by atoms with van der Waals surface area (Å²) in [6, 6.07) is 4.85. The van der Waals surface area contributed by atoms with Crippen molar-refractivity contribution in [2.45, 2.75) is 25.7 Å². The Bertz CT molecular complexity index is 895. The van der Waals surface area contributed by atoms with Crippen LogP contribution in [0.2, 0.25) is 0 Å². The van der Waals surface area contributed by atoms with Crippen LogP contribution in [0.15, 0.2) is 24.4 Å². The quantitative estimate of drug-likeness (QED) is 0.774. The molecule has 0 saturated carbocycles. The molecule has 24 heavy (non-hydrogen) atoms. The van der Waals surface area contributed by atoms with Gasteiger partial charge in [-0.2, -0.15) is 0 Å². The zero-order valence-electron chi connectivity index (χ0n) is 13.3. The summed E-state index contributed by atoms with van der Waals surface area (Å²) in [6.07, 6.45) is 3.77. The maximum Gasteiger partial charge on any atom is 0.284 e. The van der Waals surface area contributed by atoms with Crippen LogP contribution in [-0.2, 0) is 0 Å². The van der Waals surface area contributed by atoms with Crippen LogP contribution in [0.5, 0.6) is 0 Å². The Balaban J connectivity index is 1.48. The Morgan fingerprint density at radius 3 is 2.83 bits per heavy atom. The lowest BCUT2D eigenvalue weighted by atomic mass is 9.89. The summed E-state index contributed by atoms with van der Waals surface area (Å²) < 4.78 is 13.3. The van der Waals surface area contributed by atoms with Crippen LogP contribution in [-0.4, -0.2) is 39.1 Å². The summed E-state index contributed by atoms with van der Waals surface area (Å²) in [5, 5.41) is 10.2. The van der Waals surface area contributed by atoms with Gasteiger partial charge in [0.25, 0.3) is 5.91 Å². The van der Waals surface area contributed by atoms with E-state index in [1.54, 1.807) is 0 Å². The van der Waals surface area contributed by atoms with Gasteiger partial charge in [-0.05, 0) is 49.4 Å². The predicted octanol–water partition coefficient (Wildman–Crippen LogP) is 3.49. The lowest BCUT2D eigenvalue weighted by Crippen LogP contribution is -2.37. The third kappa shape index (κ3) is 2.69. The van der Waals surface area contributed by atoms with Gasteiger partial charge in [0, 0.05) is 30.2 Å². The summed E-state index contributed by atoms with van der Waals surface area (Å²) in [4.78, 5) is 17.4. The number of hydrogen-bond acceptors (Lipinski definition) is 4. The molecule has 0 aliphatic carbocycles. The highest BCUT2D eigenvalue weighted by Gasteiger charge is 2.27. The fourth-order valence-corrected chi connectivity index (χ4v) is 4.03. The average molecular weight is 344 g/mol. The fraction of sp³-hybridized carbons (Fsp3) is 0.353. The molecule has 4 rings (SSSR count). The molecule has 1 saturated heterocycles. The van der Waals surface area contributed by atoms with Gasteiger partial charge in [-0.3, -0.25) is 4.79 Å². The van der Waals surface area contributed by atoms with Crippen LogP contribution in [0.25, 0.3) is 10.9 Å². The smallest absolute Gasteiger partial charge is 0.284 e. The van der Waals surface area contributed by atoms with Crippen LogP contribution in [0.3, 0.4) is 0 Å². The Morgan fingerprint density at radius 1 is 1.33 bits per heavy atom. The molecule has 0 bridgehead atoms. The van der Waals surface area contributed by atoms with E-state index in [9.17, 15) is 9.18 Å². The third-order valence-corrected chi connectivity index (χ3v) is 5.43. The van der Waals surface area contributed by atoms with Crippen LogP contribution in [0, 0.1) is 12.7 Å². The van der Waals surface area contributed by atoms with Crippen molar-refractivity contribution in [2.24, 2.45) is 0 Å². The number of halogens is 1. The first-order valence-corrected chi connectivity index (χ1v) is 8.79. The monoisotopic (exact) mass is 344 g/mol. The molecule has 1 aliphatic heterocycles. The number of likely N-dealkylation sites (tertiary alicyclic amines) is 1. The van der Waals surface area contributed by atoms with Crippen molar-refractivity contribution in [2.75, 3.05) is 13.1 Å². The SMILES string of the molecule is Cc1nnc(C(=O)N2CCC(c3c[nH]c4cc(F)ccc34)CC2)s1. The second kappa shape index (κ2) is 5.98. The molecule has 1 fully saturated rings. The predicted molar refractivity (Wildman–Crippen MR) is 90.8 cm³/mol. The number of carbonyl (C=O) groups excluding carboxylic acids is 1. The van der Waals surface area contributed by atoms with Gasteiger partial charge >= 0.3 is 0 Å². The molecule has 1 N–H and O–H groups in total. The van der Waals surface area contributed by atoms with E-state index in [2.05, 4.69) is 15.2 Å². The third-order valence-electron chi connectivity index (χ3n) is 4.61. The lowest BCUT2D eigenvalue weighted by molar-refractivity contribution is 0.0712. The van der Waals surface area contributed by atoms with E-state index >= 15 is 0 Å². The number of aryl methyl sites for hydroxylation is 1. The number of aromatic nitrogens is 3. The molecule has 124 valence electrons. The molecule has 7 heteroatoms. The van der Waals surface area contributed by atoms with Gasteiger partial charge in [0.1, 0.15) is 10.8 Å². The molecule has 3 heterocycles. The van der Waals surface area contributed by atoms with E-state index in [0.29, 0.717) is 24.0 Å². The molecule has 1 aromatic carbocycles. The van der Waals surface area contributed by atoms with E-state index in [-0.39, 0.29) is 11.7 Å². The van der Waals surface area contributed by atoms with Crippen molar-refractivity contribution >= 4 is 28.1 Å². The fourth-order valence-electron chi connectivity index (χ4n) is 3.37. The molecule has 3 aromatic rings. The second-order valence-corrected chi connectivity index (χ2v) is 7.31. The number of benzene rings is 1. The molecule has 0 unspecified atom stereocenters. The number of rotatable bonds is 2. The minimum Gasteiger partial charge on any atom is -0.361 e. The van der Waals surface area contributed by atoms with E-state index in [4.69, 9.17) is 0 Å². The maximum atomic E-state index is 13.3. The van der Waals surface area contributed by atoms with Crippen molar-refractivity contribution in [3.05, 3.63) is 45.8 Å². The summed E-state index contributed by atoms with van der Waals surface area (Å²) in [7, 11) is 0. The van der Waals surface area contributed by atoms with E-state index in [0.717, 1.165) is 28.8 Å². The van der Waals surface area contributed by atoms with Crippen LogP contribution in [0.4, 0.5) is 4.39 Å². The Morgan fingerprint density at radius 2 is 2.12 bits per heavy atom. The number of H-pyrrole nitrogens is 1. The summed E-state index contributed by atoms with van der Waals surface area (Å²) in [5.41, 5.74) is 2.04. The van der Waals surface area contributed by atoms with Gasteiger partial charge in [0.15, 0.2) is 0 Å². The van der Waals surface area contributed by atoms with E-state index < -0.39 is 0 Å². The molecular weight excluding hydrogens is 327 g/mol. The zero-order chi connectivity index (χ0) is 16.7. The molecule has 2 aromatic heterocycles. The minimum atomic E-state index is -0.233. The number of amides is 1. The number of fused-ring (bicyclic) bond motifs is 1. The highest BCUT2D eigenvalue weighted by molar-refractivity contribution is 7.13. The van der Waals surface area contributed by atoms with Crippen LogP contribution < -0.4 is 0 Å². The molecule has 1 aliphatic rings. The molecule has 1 amide bonds. The van der Waals surface area contributed by atoms with Gasteiger partial charge in [-0.25, -0.2) is 4.39 Å². The van der Waals surface area contributed by atoms with E-state index in [1.165, 1.54) is 29.0 Å². The highest BCUT2D eigenvalue weighted by Crippen LogP contribution is 2.33. The normalized spacial score (nSPS) is 16.0. The molecular formula is C17H17FN4OS. The number of nitrogens with zero attached hydrogens (tertiary/aromatic N) is 3. The molecule has 0 spiro atoms. The molecule has 0 radical (unpaired) electrons. The topological polar surface area (TPSA) is 61.9 Å². The Kier molecular flexibility index (Phi) is 3.80. The molecule has 0 atom stereocenters. The van der Waals surface area contributed by atoms with Crippen LogP contribution in [0.1, 0.15) is 39.1 Å². The van der Waals surface area contributed by atoms with Crippen LogP contribution >= 0.6 is 11.3 Å². The van der Waals surface area contributed by atoms with Gasteiger partial charge in [-0.15, -0.1) is 10.2 Å². The van der Waals surface area contributed by atoms with Crippen molar-refractivity contribution < 1.29 is 9.18 Å². The maximum absolute atomic E-state index is 13.3. The minimum absolute atomic E-state index is 0.0277. The van der Waals surface area contributed by atoms with Gasteiger partial charge in [0.2, 0.25) is 5.01 Å². The number of aromatic amines is 1. The first kappa shape index (κ1) is 15.3. The van der Waals surface area contributed by atoms with Gasteiger partial charge in [-0.1, -0.05) is 11.3 Å². The average Bonchev–Trinajstić information content (AvgIpc) is 3.20. The van der Waals surface area contributed by atoms with E-state index in [1.807, 2.05) is 24.1 Å². The second-order valence-electron chi connectivity index (χ2n) is 6.13. The number of hydrogen-bond donors (Lipinski definition) is 1. The summed E-state index contributed by atoms with van der Waals surface area (Å²) >= 11 is 1.34. The van der Waals surface area contributed by atoms with Crippen molar-refractivity contribution in [3.8, 4) is 0 Å². The van der Waals surface area contributed by atoms with Crippen molar-refractivity contribution in [3.63, 3.8) is 0 Å². The summed E-state index contributed by atoms with van der Waals surface area (Å²) in [5.74, 6) is 0.119. The van der Waals surface area contributed by atoms with Gasteiger partial charge in [0.05, 0.1) is 0 Å². The van der Waals surface area contributed by atoms with Crippen molar-refractivity contribution in [1.29, 1.82) is 0 Å². The number of piperidine rings is 1. The molecule has 5 nitrogen and oxygen atoms in total. The standard InChI is InChI=1S/C17H17FN4OS/c1-10-20-21-16(24-10)17(23)22-6-4-11(5-7-22)14-9-19-15-8-12(18)2-3-13(14)15/h2-3,8-9,11,19H,4-7H2,1H3. The largest absolute Gasteiger partial charge is 0.361 e. The summed E-state index contributed by atoms with van der Waals surface area (Å²) in [6.45, 7) is 3.26. The van der Waals surface area contributed by atoms with Gasteiger partial charge < -0.3 is 9.88 Å². The number of carbonyl (C=O) groups is 1. The zero-order valence-corrected chi connectivity index (χ0v) is 14.1. The Labute approximate surface area is 142 Å². The Hall–Kier alpha value is -2.28. The lowest BCUT2D eigenvalue weighted by Gasteiger charge is -2.31. The number of nitrogens with one attached hydrogen (secondary N) is 1. The highest BCUT2D eigenvalue weighted by atomic mass is 32.1. The first-order valence-electron chi connectivity index (χ1n) is 7.98. The van der Waals surface area contributed by atoms with Crippen molar-refractivity contribution in [1.82, 2.24) is 20.1 Å².